The first-order valence-electron chi connectivity index (χ1n) is 6.48. The topological polar surface area (TPSA) is 87.2 Å². The summed E-state index contributed by atoms with van der Waals surface area (Å²) in [5, 5.41) is 20.1. The van der Waals surface area contributed by atoms with E-state index < -0.39 is 11.7 Å². The van der Waals surface area contributed by atoms with Crippen molar-refractivity contribution in [1.29, 1.82) is 0 Å². The number of ether oxygens (including phenoxy) is 1. The van der Waals surface area contributed by atoms with Crippen molar-refractivity contribution in [3.05, 3.63) is 23.9 Å². The number of hydrogen-bond acceptors (Lipinski definition) is 4. The number of phenols is 1. The summed E-state index contributed by atoms with van der Waals surface area (Å²) in [6.45, 7) is 5.88. The Hall–Kier alpha value is -2.24. The summed E-state index contributed by atoms with van der Waals surface area (Å²) >= 11 is 0. The molecular weight excluding hydrogens is 258 g/mol. The minimum Gasteiger partial charge on any atom is -0.506 e. The van der Waals surface area contributed by atoms with Gasteiger partial charge in [0.05, 0.1) is 0 Å². The van der Waals surface area contributed by atoms with E-state index in [9.17, 15) is 9.90 Å². The average molecular weight is 277 g/mol. The van der Waals surface area contributed by atoms with Crippen LogP contribution < -0.4 is 5.32 Å². The number of rotatable bonds is 3. The van der Waals surface area contributed by atoms with E-state index in [2.05, 4.69) is 15.5 Å². The van der Waals surface area contributed by atoms with Gasteiger partial charge in [-0.2, -0.15) is 5.10 Å². The summed E-state index contributed by atoms with van der Waals surface area (Å²) in [4.78, 5) is 11.5. The van der Waals surface area contributed by atoms with Crippen molar-refractivity contribution in [2.45, 2.75) is 32.8 Å². The smallest absolute Gasteiger partial charge is 0.407 e. The van der Waals surface area contributed by atoms with Gasteiger partial charge in [-0.05, 0) is 26.8 Å². The number of alkyl carbamates (subject to hydrolysis) is 1. The molecule has 6 nitrogen and oxygen atoms in total. The van der Waals surface area contributed by atoms with Crippen molar-refractivity contribution in [2.24, 2.45) is 0 Å². The first kappa shape index (κ1) is 14.2. The van der Waals surface area contributed by atoms with Crippen LogP contribution in [-0.4, -0.2) is 33.5 Å². The van der Waals surface area contributed by atoms with E-state index in [1.165, 1.54) is 0 Å². The van der Waals surface area contributed by atoms with Crippen molar-refractivity contribution >= 4 is 17.0 Å². The zero-order valence-corrected chi connectivity index (χ0v) is 11.9. The van der Waals surface area contributed by atoms with Crippen molar-refractivity contribution in [1.82, 2.24) is 15.5 Å². The van der Waals surface area contributed by atoms with Crippen LogP contribution >= 0.6 is 0 Å². The highest BCUT2D eigenvalue weighted by atomic mass is 16.6. The summed E-state index contributed by atoms with van der Waals surface area (Å²) in [5.74, 6) is 0.144. The SMILES string of the molecule is CC(C)(C)OC(=O)NCCc1[nH]nc2c(O)cccc12. The first-order chi connectivity index (χ1) is 9.37. The van der Waals surface area contributed by atoms with Crippen LogP contribution in [0.3, 0.4) is 0 Å². The molecule has 1 aromatic carbocycles. The van der Waals surface area contributed by atoms with Crippen LogP contribution in [0.4, 0.5) is 4.79 Å². The Kier molecular flexibility index (Phi) is 3.83. The lowest BCUT2D eigenvalue weighted by molar-refractivity contribution is 0.0528. The number of amides is 1. The van der Waals surface area contributed by atoms with Gasteiger partial charge in [-0.3, -0.25) is 5.10 Å². The molecule has 2 aromatic rings. The van der Waals surface area contributed by atoms with E-state index >= 15 is 0 Å². The molecule has 20 heavy (non-hydrogen) atoms. The molecule has 0 fully saturated rings. The Labute approximate surface area is 117 Å². The lowest BCUT2D eigenvalue weighted by Crippen LogP contribution is -2.33. The van der Waals surface area contributed by atoms with E-state index in [4.69, 9.17) is 4.74 Å². The number of carbonyl (C=O) groups is 1. The Morgan fingerprint density at radius 1 is 1.45 bits per heavy atom. The minimum atomic E-state index is -0.503. The molecule has 0 saturated carbocycles. The summed E-state index contributed by atoms with van der Waals surface area (Å²) in [6, 6.07) is 5.23. The van der Waals surface area contributed by atoms with Crippen molar-refractivity contribution < 1.29 is 14.6 Å². The van der Waals surface area contributed by atoms with Crippen LogP contribution in [0.15, 0.2) is 18.2 Å². The van der Waals surface area contributed by atoms with Gasteiger partial charge in [-0.1, -0.05) is 12.1 Å². The fraction of sp³-hybridized carbons (Fsp3) is 0.429. The van der Waals surface area contributed by atoms with Crippen molar-refractivity contribution in [3.63, 3.8) is 0 Å². The normalized spacial score (nSPS) is 11.6. The van der Waals surface area contributed by atoms with Crippen LogP contribution in [0.25, 0.3) is 10.9 Å². The van der Waals surface area contributed by atoms with E-state index in [0.29, 0.717) is 18.5 Å². The Morgan fingerprint density at radius 2 is 2.20 bits per heavy atom. The maximum atomic E-state index is 11.5. The number of aromatic nitrogens is 2. The molecule has 108 valence electrons. The van der Waals surface area contributed by atoms with Gasteiger partial charge in [0.15, 0.2) is 0 Å². The fourth-order valence-electron chi connectivity index (χ4n) is 1.87. The van der Waals surface area contributed by atoms with E-state index in [1.54, 1.807) is 12.1 Å². The number of nitrogens with one attached hydrogen (secondary N) is 2. The molecule has 0 spiro atoms. The molecular formula is C14H19N3O3. The van der Waals surface area contributed by atoms with E-state index in [-0.39, 0.29) is 5.75 Å². The van der Waals surface area contributed by atoms with Gasteiger partial charge >= 0.3 is 6.09 Å². The predicted octanol–water partition coefficient (Wildman–Crippen LogP) is 2.34. The highest BCUT2D eigenvalue weighted by Gasteiger charge is 2.16. The van der Waals surface area contributed by atoms with Gasteiger partial charge in [-0.15, -0.1) is 0 Å². The van der Waals surface area contributed by atoms with Gasteiger partial charge in [-0.25, -0.2) is 4.79 Å². The molecule has 0 saturated heterocycles. The number of benzene rings is 1. The highest BCUT2D eigenvalue weighted by molar-refractivity contribution is 5.86. The van der Waals surface area contributed by atoms with Crippen molar-refractivity contribution in [3.8, 4) is 5.75 Å². The first-order valence-corrected chi connectivity index (χ1v) is 6.48. The van der Waals surface area contributed by atoms with Crippen LogP contribution in [0.1, 0.15) is 26.5 Å². The van der Waals surface area contributed by atoms with Crippen LogP contribution in [0.2, 0.25) is 0 Å². The number of para-hydroxylation sites is 1. The number of phenolic OH excluding ortho intramolecular Hbond substituents is 1. The largest absolute Gasteiger partial charge is 0.506 e. The summed E-state index contributed by atoms with van der Waals surface area (Å²) < 4.78 is 5.15. The van der Waals surface area contributed by atoms with Crippen LogP contribution in [-0.2, 0) is 11.2 Å². The second-order valence-corrected chi connectivity index (χ2v) is 5.55. The zero-order chi connectivity index (χ0) is 14.8. The highest BCUT2D eigenvalue weighted by Crippen LogP contribution is 2.24. The van der Waals surface area contributed by atoms with Gasteiger partial charge < -0.3 is 15.2 Å². The van der Waals surface area contributed by atoms with Crippen LogP contribution in [0, 0.1) is 0 Å². The van der Waals surface area contributed by atoms with Gasteiger partial charge in [0.1, 0.15) is 16.9 Å². The minimum absolute atomic E-state index is 0.144. The number of aromatic hydroxyl groups is 1. The molecule has 0 aliphatic heterocycles. The number of hydrogen-bond donors (Lipinski definition) is 3. The molecule has 0 atom stereocenters. The molecule has 0 aliphatic rings. The lowest BCUT2D eigenvalue weighted by Gasteiger charge is -2.19. The van der Waals surface area contributed by atoms with Gasteiger partial charge in [0.2, 0.25) is 0 Å². The molecule has 2 rings (SSSR count). The fourth-order valence-corrected chi connectivity index (χ4v) is 1.87. The van der Waals surface area contributed by atoms with Gasteiger partial charge in [0.25, 0.3) is 0 Å². The number of aromatic amines is 1. The molecule has 1 heterocycles. The zero-order valence-electron chi connectivity index (χ0n) is 11.9. The maximum Gasteiger partial charge on any atom is 0.407 e. The summed E-state index contributed by atoms with van der Waals surface area (Å²) in [6.07, 6.45) is 0.142. The lowest BCUT2D eigenvalue weighted by atomic mass is 10.1. The number of H-pyrrole nitrogens is 1. The monoisotopic (exact) mass is 277 g/mol. The Morgan fingerprint density at radius 3 is 2.90 bits per heavy atom. The predicted molar refractivity (Wildman–Crippen MR) is 75.7 cm³/mol. The number of fused-ring (bicyclic) bond motifs is 1. The third kappa shape index (κ3) is 3.40. The third-order valence-electron chi connectivity index (χ3n) is 2.69. The van der Waals surface area contributed by atoms with E-state index in [1.807, 2.05) is 26.8 Å². The molecule has 0 aliphatic carbocycles. The number of nitrogens with zero attached hydrogens (tertiary/aromatic N) is 1. The van der Waals surface area contributed by atoms with Crippen LogP contribution in [0.5, 0.6) is 5.75 Å². The summed E-state index contributed by atoms with van der Waals surface area (Å²) in [7, 11) is 0. The van der Waals surface area contributed by atoms with Crippen molar-refractivity contribution in [2.75, 3.05) is 6.54 Å². The maximum absolute atomic E-state index is 11.5. The third-order valence-corrected chi connectivity index (χ3v) is 2.69. The summed E-state index contributed by atoms with van der Waals surface area (Å²) in [5.41, 5.74) is 0.906. The molecule has 6 heteroatoms. The Balaban J connectivity index is 1.94. The quantitative estimate of drug-likeness (QED) is 0.803. The standard InChI is InChI=1S/C14H19N3O3/c1-14(2,3)20-13(19)15-8-7-10-9-5-4-6-11(18)12(9)17-16-10/h4-6,18H,7-8H2,1-3H3,(H,15,19)(H,16,17). The van der Waals surface area contributed by atoms with Gasteiger partial charge in [0, 0.05) is 24.0 Å². The van der Waals surface area contributed by atoms with E-state index in [0.717, 1.165) is 11.1 Å². The molecule has 0 bridgehead atoms. The molecule has 3 N–H and O–H groups in total. The molecule has 0 unspecified atom stereocenters. The molecule has 1 amide bonds. The Bertz CT molecular complexity index is 614. The molecule has 1 aromatic heterocycles. The second kappa shape index (κ2) is 5.40. The number of carbonyl (C=O) groups excluding carboxylic acids is 1. The molecule has 0 radical (unpaired) electrons. The average Bonchev–Trinajstić information content (AvgIpc) is 2.72. The second-order valence-electron chi connectivity index (χ2n) is 5.55.